The predicted octanol–water partition coefficient (Wildman–Crippen LogP) is 2.69. The summed E-state index contributed by atoms with van der Waals surface area (Å²) in [6.07, 6.45) is 4.36. The first-order valence-electron chi connectivity index (χ1n) is 7.01. The Bertz CT molecular complexity index is 681. The van der Waals surface area contributed by atoms with Crippen LogP contribution in [0, 0.1) is 0 Å². The van der Waals surface area contributed by atoms with Crippen LogP contribution in [0.25, 0.3) is 0 Å². The van der Waals surface area contributed by atoms with E-state index in [2.05, 4.69) is 33.9 Å². The molecule has 2 heterocycles. The van der Waals surface area contributed by atoms with Crippen LogP contribution in [0.4, 0.5) is 11.5 Å². The zero-order chi connectivity index (χ0) is 14.7. The van der Waals surface area contributed by atoms with Gasteiger partial charge in [-0.05, 0) is 30.2 Å². The Morgan fingerprint density at radius 2 is 2.19 bits per heavy atom. The van der Waals surface area contributed by atoms with E-state index in [1.807, 2.05) is 18.2 Å². The first kappa shape index (κ1) is 13.4. The molecule has 0 saturated carbocycles. The van der Waals surface area contributed by atoms with Crippen molar-refractivity contribution in [3.8, 4) is 0 Å². The Labute approximate surface area is 124 Å². The Balaban J connectivity index is 1.97. The Kier molecular flexibility index (Phi) is 3.69. The number of nitrogens with one attached hydrogen (secondary N) is 1. The molecule has 1 N–H and O–H groups in total. The molecule has 2 aromatic rings. The lowest BCUT2D eigenvalue weighted by Crippen LogP contribution is -2.26. The lowest BCUT2D eigenvalue weighted by Gasteiger charge is -2.20. The lowest BCUT2D eigenvalue weighted by atomic mass is 10.2. The fourth-order valence-corrected chi connectivity index (χ4v) is 2.61. The zero-order valence-corrected chi connectivity index (χ0v) is 11.7. The van der Waals surface area contributed by atoms with Gasteiger partial charge in [0.1, 0.15) is 5.82 Å². The van der Waals surface area contributed by atoms with Gasteiger partial charge in [-0.3, -0.25) is 4.79 Å². The van der Waals surface area contributed by atoms with Crippen molar-refractivity contribution in [2.45, 2.75) is 6.42 Å². The van der Waals surface area contributed by atoms with Crippen molar-refractivity contribution in [2.24, 2.45) is 0 Å². The summed E-state index contributed by atoms with van der Waals surface area (Å²) < 4.78 is 0. The van der Waals surface area contributed by atoms with Crippen molar-refractivity contribution in [3.63, 3.8) is 0 Å². The first-order chi connectivity index (χ1) is 10.3. The van der Waals surface area contributed by atoms with E-state index >= 15 is 0 Å². The molecule has 0 spiro atoms. The van der Waals surface area contributed by atoms with Crippen LogP contribution in [0.1, 0.15) is 15.9 Å². The third-order valence-electron chi connectivity index (χ3n) is 3.58. The van der Waals surface area contributed by atoms with Gasteiger partial charge in [0.25, 0.3) is 5.91 Å². The molecular weight excluding hydrogens is 262 g/mol. The molecule has 0 atom stereocenters. The molecule has 0 unspecified atom stereocenters. The van der Waals surface area contributed by atoms with Gasteiger partial charge in [0, 0.05) is 25.0 Å². The summed E-state index contributed by atoms with van der Waals surface area (Å²) in [5, 5.41) is 2.81. The molecule has 1 aliphatic heterocycles. The van der Waals surface area contributed by atoms with Crippen LogP contribution in [-0.4, -0.2) is 24.0 Å². The van der Waals surface area contributed by atoms with Crippen molar-refractivity contribution in [1.82, 2.24) is 10.3 Å². The number of anilines is 2. The molecule has 0 aliphatic carbocycles. The molecule has 106 valence electrons. The fraction of sp³-hybridized carbons (Fsp3) is 0.176. The second kappa shape index (κ2) is 5.79. The summed E-state index contributed by atoms with van der Waals surface area (Å²) in [5.41, 5.74) is 3.02. The quantitative estimate of drug-likeness (QED) is 0.875. The van der Waals surface area contributed by atoms with Crippen LogP contribution < -0.4 is 10.2 Å². The van der Waals surface area contributed by atoms with E-state index in [0.717, 1.165) is 18.7 Å². The van der Waals surface area contributed by atoms with Crippen molar-refractivity contribution in [3.05, 3.63) is 66.4 Å². The molecule has 3 rings (SSSR count). The number of hydrogen-bond donors (Lipinski definition) is 1. The Morgan fingerprint density at radius 1 is 1.33 bits per heavy atom. The molecule has 4 nitrogen and oxygen atoms in total. The molecule has 1 aliphatic rings. The van der Waals surface area contributed by atoms with Crippen LogP contribution in [0.2, 0.25) is 0 Å². The molecule has 4 heteroatoms. The topological polar surface area (TPSA) is 45.2 Å². The highest BCUT2D eigenvalue weighted by Crippen LogP contribution is 2.34. The number of aromatic nitrogens is 1. The Morgan fingerprint density at radius 3 is 3.05 bits per heavy atom. The van der Waals surface area contributed by atoms with Gasteiger partial charge in [-0.15, -0.1) is 6.58 Å². The number of amides is 1. The number of carbonyl (C=O) groups is 1. The number of rotatable bonds is 4. The Hall–Kier alpha value is -2.62. The first-order valence-corrected chi connectivity index (χ1v) is 7.01. The summed E-state index contributed by atoms with van der Waals surface area (Å²) in [6.45, 7) is 4.91. The third-order valence-corrected chi connectivity index (χ3v) is 3.58. The average Bonchev–Trinajstić information content (AvgIpc) is 2.96. The van der Waals surface area contributed by atoms with Crippen molar-refractivity contribution >= 4 is 17.4 Å². The largest absolute Gasteiger partial charge is 0.348 e. The van der Waals surface area contributed by atoms with Crippen molar-refractivity contribution < 1.29 is 4.79 Å². The molecule has 1 aromatic heterocycles. The van der Waals surface area contributed by atoms with Gasteiger partial charge in [-0.25, -0.2) is 4.98 Å². The number of nitrogens with zero attached hydrogens (tertiary/aromatic N) is 2. The van der Waals surface area contributed by atoms with Gasteiger partial charge in [0.15, 0.2) is 0 Å². The van der Waals surface area contributed by atoms with E-state index in [1.165, 1.54) is 5.56 Å². The summed E-state index contributed by atoms with van der Waals surface area (Å²) in [7, 11) is 0. The van der Waals surface area contributed by atoms with E-state index < -0.39 is 0 Å². The van der Waals surface area contributed by atoms with Crippen LogP contribution in [-0.2, 0) is 6.42 Å². The minimum atomic E-state index is -0.123. The predicted molar refractivity (Wildman–Crippen MR) is 83.9 cm³/mol. The summed E-state index contributed by atoms with van der Waals surface area (Å²) >= 11 is 0. The lowest BCUT2D eigenvalue weighted by molar-refractivity contribution is 0.0958. The normalized spacial score (nSPS) is 12.9. The van der Waals surface area contributed by atoms with E-state index in [0.29, 0.717) is 17.9 Å². The molecule has 0 radical (unpaired) electrons. The number of para-hydroxylation sites is 1. The van der Waals surface area contributed by atoms with Gasteiger partial charge in [-0.1, -0.05) is 24.3 Å². The van der Waals surface area contributed by atoms with E-state index in [9.17, 15) is 4.79 Å². The maximum absolute atomic E-state index is 12.3. The molecular formula is C17H17N3O. The summed E-state index contributed by atoms with van der Waals surface area (Å²) in [5.74, 6) is 0.589. The van der Waals surface area contributed by atoms with Gasteiger partial charge in [0.05, 0.1) is 5.56 Å². The van der Waals surface area contributed by atoms with Gasteiger partial charge >= 0.3 is 0 Å². The fourth-order valence-electron chi connectivity index (χ4n) is 2.61. The standard InChI is InChI=1S/C17H17N3O/c1-2-10-19-17(21)14-7-5-11-18-16(14)20-12-9-13-6-3-4-8-15(13)20/h2-8,11H,1,9-10,12H2,(H,19,21). The van der Waals surface area contributed by atoms with E-state index in [1.54, 1.807) is 18.3 Å². The summed E-state index contributed by atoms with van der Waals surface area (Å²) in [4.78, 5) is 18.8. The highest BCUT2D eigenvalue weighted by Gasteiger charge is 2.24. The smallest absolute Gasteiger partial charge is 0.255 e. The third kappa shape index (κ3) is 2.52. The van der Waals surface area contributed by atoms with Gasteiger partial charge in [-0.2, -0.15) is 0 Å². The SMILES string of the molecule is C=CCNC(=O)c1cccnc1N1CCc2ccccc21. The summed E-state index contributed by atoms with van der Waals surface area (Å²) in [6, 6.07) is 11.8. The van der Waals surface area contributed by atoms with Gasteiger partial charge < -0.3 is 10.2 Å². The second-order valence-electron chi connectivity index (χ2n) is 4.90. The van der Waals surface area contributed by atoms with E-state index in [-0.39, 0.29) is 5.91 Å². The number of carbonyl (C=O) groups excluding carboxylic acids is 1. The van der Waals surface area contributed by atoms with Crippen LogP contribution in [0.15, 0.2) is 55.3 Å². The van der Waals surface area contributed by atoms with E-state index in [4.69, 9.17) is 0 Å². The van der Waals surface area contributed by atoms with Gasteiger partial charge in [0.2, 0.25) is 0 Å². The highest BCUT2D eigenvalue weighted by atomic mass is 16.1. The molecule has 21 heavy (non-hydrogen) atoms. The molecule has 0 fully saturated rings. The number of pyridine rings is 1. The molecule has 1 amide bonds. The van der Waals surface area contributed by atoms with Crippen LogP contribution in [0.5, 0.6) is 0 Å². The molecule has 1 aromatic carbocycles. The average molecular weight is 279 g/mol. The van der Waals surface area contributed by atoms with Crippen molar-refractivity contribution in [1.29, 1.82) is 0 Å². The molecule has 0 bridgehead atoms. The minimum absolute atomic E-state index is 0.123. The zero-order valence-electron chi connectivity index (χ0n) is 11.7. The van der Waals surface area contributed by atoms with Crippen LogP contribution in [0.3, 0.4) is 0 Å². The number of benzene rings is 1. The maximum atomic E-state index is 12.3. The maximum Gasteiger partial charge on any atom is 0.255 e. The highest BCUT2D eigenvalue weighted by molar-refractivity contribution is 6.00. The van der Waals surface area contributed by atoms with Crippen molar-refractivity contribution in [2.75, 3.05) is 18.0 Å². The number of hydrogen-bond acceptors (Lipinski definition) is 3. The number of fused-ring (bicyclic) bond motifs is 1. The monoisotopic (exact) mass is 279 g/mol. The van der Waals surface area contributed by atoms with Crippen LogP contribution >= 0.6 is 0 Å². The second-order valence-corrected chi connectivity index (χ2v) is 4.90. The molecule has 0 saturated heterocycles. The minimum Gasteiger partial charge on any atom is -0.348 e.